The normalized spacial score (nSPS) is 16.6. The van der Waals surface area contributed by atoms with E-state index in [0.717, 1.165) is 25.2 Å². The lowest BCUT2D eigenvalue weighted by molar-refractivity contribution is -0.119. The lowest BCUT2D eigenvalue weighted by atomic mass is 10.2. The molecule has 0 radical (unpaired) electrons. The number of halogens is 1. The van der Waals surface area contributed by atoms with E-state index in [0.29, 0.717) is 17.1 Å². The second-order valence-electron chi connectivity index (χ2n) is 4.06. The maximum atomic E-state index is 11.4. The maximum absolute atomic E-state index is 11.4. The van der Waals surface area contributed by atoms with Crippen molar-refractivity contribution >= 4 is 23.2 Å². The highest BCUT2D eigenvalue weighted by Crippen LogP contribution is 2.24. The van der Waals surface area contributed by atoms with Gasteiger partial charge >= 0.3 is 0 Å². The van der Waals surface area contributed by atoms with E-state index in [4.69, 9.17) is 16.7 Å². The highest BCUT2D eigenvalue weighted by atomic mass is 35.5. The van der Waals surface area contributed by atoms with Crippen molar-refractivity contribution in [3.8, 4) is 0 Å². The summed E-state index contributed by atoms with van der Waals surface area (Å²) >= 11 is 6.04. The first kappa shape index (κ1) is 12.2. The Hall–Kier alpha value is -1.26. The molecular weight excluding hydrogens is 240 g/mol. The Labute approximate surface area is 105 Å². The number of aliphatic hydroxyl groups excluding tert-OH is 1. The first-order valence-corrected chi connectivity index (χ1v) is 5.99. The summed E-state index contributed by atoms with van der Waals surface area (Å²) in [7, 11) is 0. The van der Waals surface area contributed by atoms with Crippen molar-refractivity contribution in [3.63, 3.8) is 0 Å². The number of hydrogen-bond donors (Lipinski definition) is 2. The quantitative estimate of drug-likeness (QED) is 0.833. The molecule has 4 nitrogen and oxygen atoms in total. The average molecular weight is 255 g/mol. The van der Waals surface area contributed by atoms with Gasteiger partial charge in [0.05, 0.1) is 13.2 Å². The van der Waals surface area contributed by atoms with Crippen molar-refractivity contribution in [1.82, 2.24) is 5.32 Å². The number of nitrogens with zero attached hydrogens (tertiary/aromatic N) is 1. The largest absolute Gasteiger partial charge is 0.392 e. The van der Waals surface area contributed by atoms with E-state index in [1.165, 1.54) is 0 Å². The molecule has 1 aromatic carbocycles. The van der Waals surface area contributed by atoms with E-state index in [1.54, 1.807) is 12.1 Å². The van der Waals surface area contributed by atoms with Crippen LogP contribution >= 0.6 is 11.6 Å². The zero-order chi connectivity index (χ0) is 12.3. The van der Waals surface area contributed by atoms with Gasteiger partial charge in [-0.15, -0.1) is 0 Å². The van der Waals surface area contributed by atoms with E-state index in [1.807, 2.05) is 11.0 Å². The Morgan fingerprint density at radius 1 is 1.47 bits per heavy atom. The Bertz CT molecular complexity index is 423. The minimum absolute atomic E-state index is 0.0323. The number of anilines is 1. The Kier molecular flexibility index (Phi) is 3.86. The summed E-state index contributed by atoms with van der Waals surface area (Å²) in [5.41, 5.74) is 1.62. The number of benzene rings is 1. The van der Waals surface area contributed by atoms with E-state index >= 15 is 0 Å². The van der Waals surface area contributed by atoms with Crippen LogP contribution in [0.4, 0.5) is 5.69 Å². The van der Waals surface area contributed by atoms with Crippen LogP contribution in [-0.2, 0) is 11.4 Å². The van der Waals surface area contributed by atoms with E-state index < -0.39 is 0 Å². The monoisotopic (exact) mass is 254 g/mol. The fraction of sp³-hybridized carbons (Fsp3) is 0.417. The van der Waals surface area contributed by atoms with Gasteiger partial charge < -0.3 is 15.3 Å². The third-order valence-corrected chi connectivity index (χ3v) is 3.19. The number of aliphatic hydroxyl groups is 1. The van der Waals surface area contributed by atoms with Gasteiger partial charge in [0.25, 0.3) is 0 Å². The van der Waals surface area contributed by atoms with Crippen molar-refractivity contribution in [2.75, 3.05) is 24.5 Å². The molecule has 0 aromatic heterocycles. The molecule has 17 heavy (non-hydrogen) atoms. The van der Waals surface area contributed by atoms with Gasteiger partial charge in [0.15, 0.2) is 0 Å². The van der Waals surface area contributed by atoms with Gasteiger partial charge in [-0.3, -0.25) is 4.79 Å². The molecule has 0 unspecified atom stereocenters. The SMILES string of the molecule is O=C1CN(c2ccc(CO)c(Cl)c2)CCCN1. The molecule has 92 valence electrons. The van der Waals surface area contributed by atoms with Crippen LogP contribution in [0.15, 0.2) is 18.2 Å². The molecule has 0 aliphatic carbocycles. The maximum Gasteiger partial charge on any atom is 0.239 e. The highest BCUT2D eigenvalue weighted by Gasteiger charge is 2.15. The van der Waals surface area contributed by atoms with Crippen LogP contribution in [0, 0.1) is 0 Å². The predicted octanol–water partition coefficient (Wildman–Crippen LogP) is 1.16. The molecule has 1 aliphatic heterocycles. The van der Waals surface area contributed by atoms with Crippen molar-refractivity contribution in [1.29, 1.82) is 0 Å². The molecule has 0 spiro atoms. The van der Waals surface area contributed by atoms with Crippen LogP contribution in [-0.4, -0.2) is 30.6 Å². The van der Waals surface area contributed by atoms with E-state index in [9.17, 15) is 4.79 Å². The minimum atomic E-state index is -0.0698. The molecule has 1 fully saturated rings. The Balaban J connectivity index is 2.20. The van der Waals surface area contributed by atoms with Crippen molar-refractivity contribution in [3.05, 3.63) is 28.8 Å². The number of carbonyl (C=O) groups excluding carboxylic acids is 1. The van der Waals surface area contributed by atoms with Gasteiger partial charge in [-0.25, -0.2) is 0 Å². The summed E-state index contributed by atoms with van der Waals surface area (Å²) in [6, 6.07) is 5.47. The van der Waals surface area contributed by atoms with Crippen LogP contribution < -0.4 is 10.2 Å². The number of carbonyl (C=O) groups is 1. The van der Waals surface area contributed by atoms with Crippen molar-refractivity contribution < 1.29 is 9.90 Å². The minimum Gasteiger partial charge on any atom is -0.392 e. The molecule has 2 N–H and O–H groups in total. The second kappa shape index (κ2) is 5.38. The lowest BCUT2D eigenvalue weighted by Crippen LogP contribution is -2.33. The third kappa shape index (κ3) is 2.90. The van der Waals surface area contributed by atoms with Crippen LogP contribution in [0.25, 0.3) is 0 Å². The topological polar surface area (TPSA) is 52.6 Å². The van der Waals surface area contributed by atoms with Crippen molar-refractivity contribution in [2.45, 2.75) is 13.0 Å². The van der Waals surface area contributed by atoms with Gasteiger partial charge in [-0.2, -0.15) is 0 Å². The molecule has 1 saturated heterocycles. The Morgan fingerprint density at radius 3 is 3.00 bits per heavy atom. The first-order valence-electron chi connectivity index (χ1n) is 5.61. The summed E-state index contributed by atoms with van der Waals surface area (Å²) in [5.74, 6) is 0.0323. The third-order valence-electron chi connectivity index (χ3n) is 2.83. The fourth-order valence-corrected chi connectivity index (χ4v) is 2.12. The molecule has 1 amide bonds. The van der Waals surface area contributed by atoms with Crippen LogP contribution in [0.3, 0.4) is 0 Å². The summed E-state index contributed by atoms with van der Waals surface area (Å²) in [6.45, 7) is 1.83. The fourth-order valence-electron chi connectivity index (χ4n) is 1.89. The van der Waals surface area contributed by atoms with Gasteiger partial charge in [-0.05, 0) is 24.1 Å². The molecular formula is C12H15ClN2O2. The highest BCUT2D eigenvalue weighted by molar-refractivity contribution is 6.31. The standard InChI is InChI=1S/C12H15ClN2O2/c13-11-6-10(3-2-9(11)8-16)15-5-1-4-14-12(17)7-15/h2-3,6,16H,1,4-5,7-8H2,(H,14,17). The summed E-state index contributed by atoms with van der Waals surface area (Å²) in [5, 5.41) is 12.4. The zero-order valence-electron chi connectivity index (χ0n) is 9.45. The first-order chi connectivity index (χ1) is 8.20. The van der Waals surface area contributed by atoms with E-state index in [2.05, 4.69) is 5.32 Å². The number of rotatable bonds is 2. The summed E-state index contributed by atoms with van der Waals surface area (Å²) in [6.07, 6.45) is 0.922. The number of nitrogens with one attached hydrogen (secondary N) is 1. The molecule has 0 atom stereocenters. The average Bonchev–Trinajstić information content (AvgIpc) is 2.54. The predicted molar refractivity (Wildman–Crippen MR) is 67.2 cm³/mol. The smallest absolute Gasteiger partial charge is 0.239 e. The molecule has 2 rings (SSSR count). The zero-order valence-corrected chi connectivity index (χ0v) is 10.2. The summed E-state index contributed by atoms with van der Waals surface area (Å²) in [4.78, 5) is 13.4. The van der Waals surface area contributed by atoms with Gasteiger partial charge in [0.1, 0.15) is 0 Å². The van der Waals surface area contributed by atoms with Gasteiger partial charge in [-0.1, -0.05) is 17.7 Å². The van der Waals surface area contributed by atoms with Gasteiger partial charge in [0.2, 0.25) is 5.91 Å². The number of amides is 1. The molecule has 0 bridgehead atoms. The van der Waals surface area contributed by atoms with Crippen LogP contribution in [0.2, 0.25) is 5.02 Å². The molecule has 1 heterocycles. The van der Waals surface area contributed by atoms with Crippen LogP contribution in [0.5, 0.6) is 0 Å². The molecule has 0 saturated carbocycles. The number of hydrogen-bond acceptors (Lipinski definition) is 3. The van der Waals surface area contributed by atoms with Gasteiger partial charge in [0, 0.05) is 23.8 Å². The molecule has 5 heteroatoms. The van der Waals surface area contributed by atoms with E-state index in [-0.39, 0.29) is 12.5 Å². The lowest BCUT2D eigenvalue weighted by Gasteiger charge is -2.21. The Morgan fingerprint density at radius 2 is 2.29 bits per heavy atom. The second-order valence-corrected chi connectivity index (χ2v) is 4.47. The summed E-state index contributed by atoms with van der Waals surface area (Å²) < 4.78 is 0. The van der Waals surface area contributed by atoms with Crippen LogP contribution in [0.1, 0.15) is 12.0 Å². The van der Waals surface area contributed by atoms with Crippen molar-refractivity contribution in [2.24, 2.45) is 0 Å². The molecule has 1 aromatic rings. The molecule has 1 aliphatic rings.